The van der Waals surface area contributed by atoms with Crippen molar-refractivity contribution >= 4 is 28.4 Å². The number of rotatable bonds is 6. The van der Waals surface area contributed by atoms with Gasteiger partial charge in [-0.2, -0.15) is 5.26 Å². The number of Topliss-reactive ketones (excluding diaryl/α,β-unsaturated/α-hetero) is 2. The highest BCUT2D eigenvalue weighted by Crippen LogP contribution is 2.54. The third-order valence-electron chi connectivity index (χ3n) is 5.82. The minimum absolute atomic E-state index is 0.0942. The molecule has 0 saturated heterocycles. The van der Waals surface area contributed by atoms with E-state index in [0.717, 1.165) is 40.7 Å². The molecular formula is C26H28ClNO3. The van der Waals surface area contributed by atoms with Crippen LogP contribution in [0, 0.1) is 11.3 Å². The second kappa shape index (κ2) is 10.0. The molecule has 31 heavy (non-hydrogen) atoms. The second-order valence-electron chi connectivity index (χ2n) is 8.07. The first-order chi connectivity index (χ1) is 14.6. The Bertz CT molecular complexity index is 1070. The lowest BCUT2D eigenvalue weighted by atomic mass is 9.73. The van der Waals surface area contributed by atoms with E-state index < -0.39 is 0 Å². The standard InChI is InChI=1S/C24H25NO2.C2H3ClO/c1-5-24(6-2)21-12-17(9-15(3)26)7-8-20(21)23-19(14-25)11-18(10-16(4)27)13-22(23)24;1-2(3)4/h7-8,11-13H,5-6,9-10H2,1-4H3;1H3. The maximum absolute atomic E-state index is 11.7. The van der Waals surface area contributed by atoms with Crippen LogP contribution in [0.25, 0.3) is 11.1 Å². The van der Waals surface area contributed by atoms with Crippen LogP contribution in [0.2, 0.25) is 0 Å². The third-order valence-corrected chi connectivity index (χ3v) is 5.82. The largest absolute Gasteiger partial charge is 0.300 e. The highest BCUT2D eigenvalue weighted by atomic mass is 35.5. The Morgan fingerprint density at radius 2 is 1.42 bits per heavy atom. The molecule has 0 spiro atoms. The van der Waals surface area contributed by atoms with Gasteiger partial charge in [0, 0.05) is 30.7 Å². The zero-order valence-corrected chi connectivity index (χ0v) is 19.5. The first kappa shape index (κ1) is 24.5. The Morgan fingerprint density at radius 3 is 1.90 bits per heavy atom. The van der Waals surface area contributed by atoms with Crippen LogP contribution in [0.4, 0.5) is 0 Å². The van der Waals surface area contributed by atoms with Crippen LogP contribution in [-0.4, -0.2) is 16.8 Å². The minimum atomic E-state index is -0.361. The monoisotopic (exact) mass is 437 g/mol. The Hall–Kier alpha value is -2.77. The highest BCUT2D eigenvalue weighted by molar-refractivity contribution is 6.62. The number of fused-ring (bicyclic) bond motifs is 3. The van der Waals surface area contributed by atoms with E-state index in [1.807, 2.05) is 12.1 Å². The molecule has 1 aliphatic carbocycles. The maximum Gasteiger partial charge on any atom is 0.218 e. The molecule has 5 heteroatoms. The first-order valence-corrected chi connectivity index (χ1v) is 10.8. The molecule has 0 aromatic heterocycles. The van der Waals surface area contributed by atoms with Crippen LogP contribution in [0.3, 0.4) is 0 Å². The number of hydrogen-bond donors (Lipinski definition) is 0. The smallest absolute Gasteiger partial charge is 0.218 e. The number of carbonyl (C=O) groups excluding carboxylic acids is 3. The molecule has 4 nitrogen and oxygen atoms in total. The van der Waals surface area contributed by atoms with E-state index in [4.69, 9.17) is 0 Å². The van der Waals surface area contributed by atoms with Crippen molar-refractivity contribution in [1.82, 2.24) is 0 Å². The predicted octanol–water partition coefficient (Wildman–Crippen LogP) is 5.68. The number of carbonyl (C=O) groups is 3. The molecule has 1 aliphatic rings. The summed E-state index contributed by atoms with van der Waals surface area (Å²) in [5.41, 5.74) is 6.81. The maximum atomic E-state index is 11.7. The van der Waals surface area contributed by atoms with Gasteiger partial charge in [0.25, 0.3) is 0 Å². The van der Waals surface area contributed by atoms with Gasteiger partial charge >= 0.3 is 0 Å². The van der Waals surface area contributed by atoms with Crippen molar-refractivity contribution in [3.05, 3.63) is 58.1 Å². The van der Waals surface area contributed by atoms with Gasteiger partial charge in [-0.3, -0.25) is 14.4 Å². The van der Waals surface area contributed by atoms with E-state index >= 15 is 0 Å². The van der Waals surface area contributed by atoms with Gasteiger partial charge in [0.2, 0.25) is 5.24 Å². The number of benzene rings is 2. The van der Waals surface area contributed by atoms with Gasteiger partial charge in [0.1, 0.15) is 11.6 Å². The molecule has 0 aliphatic heterocycles. The van der Waals surface area contributed by atoms with Gasteiger partial charge < -0.3 is 0 Å². The summed E-state index contributed by atoms with van der Waals surface area (Å²) in [4.78, 5) is 32.5. The Morgan fingerprint density at radius 1 is 0.903 bits per heavy atom. The summed E-state index contributed by atoms with van der Waals surface area (Å²) in [6.45, 7) is 8.82. The number of ketones is 2. The first-order valence-electron chi connectivity index (χ1n) is 10.5. The van der Waals surface area contributed by atoms with Crippen LogP contribution >= 0.6 is 11.6 Å². The van der Waals surface area contributed by atoms with Gasteiger partial charge in [0.05, 0.1) is 11.6 Å². The lowest BCUT2D eigenvalue weighted by Gasteiger charge is -2.30. The average molecular weight is 438 g/mol. The van der Waals surface area contributed by atoms with Crippen LogP contribution < -0.4 is 0 Å². The molecule has 0 N–H and O–H groups in total. The molecule has 0 unspecified atom stereocenters. The Labute approximate surface area is 189 Å². The molecule has 0 radical (unpaired) electrons. The van der Waals surface area contributed by atoms with Gasteiger partial charge in [-0.05, 0) is 72.2 Å². The van der Waals surface area contributed by atoms with Crippen LogP contribution in [0.5, 0.6) is 0 Å². The SMILES string of the molecule is CC(=O)Cl.CCC1(CC)c2cc(CC(C)=O)ccc2-c2c(C#N)cc(CC(C)=O)cc21. The average Bonchev–Trinajstić information content (AvgIpc) is 2.95. The van der Waals surface area contributed by atoms with Crippen molar-refractivity contribution in [2.75, 3.05) is 0 Å². The van der Waals surface area contributed by atoms with Crippen LogP contribution in [0.15, 0.2) is 30.3 Å². The summed E-state index contributed by atoms with van der Waals surface area (Å²) < 4.78 is 0. The Kier molecular flexibility index (Phi) is 7.92. The molecule has 0 atom stereocenters. The normalized spacial score (nSPS) is 12.7. The minimum Gasteiger partial charge on any atom is -0.300 e. The molecule has 0 fully saturated rings. The summed E-state index contributed by atoms with van der Waals surface area (Å²) >= 11 is 4.64. The zero-order valence-electron chi connectivity index (χ0n) is 18.8. The highest BCUT2D eigenvalue weighted by Gasteiger charge is 2.42. The molecule has 3 rings (SSSR count). The number of nitriles is 1. The van der Waals surface area contributed by atoms with E-state index in [0.29, 0.717) is 18.4 Å². The molecule has 2 aromatic rings. The zero-order chi connectivity index (χ0) is 23.3. The quantitative estimate of drug-likeness (QED) is 0.545. The van der Waals surface area contributed by atoms with E-state index in [9.17, 15) is 19.6 Å². The Balaban J connectivity index is 0.000000785. The number of nitrogens with zero attached hydrogens (tertiary/aromatic N) is 1. The van der Waals surface area contributed by atoms with Gasteiger partial charge in [-0.15, -0.1) is 0 Å². The third kappa shape index (κ3) is 5.11. The molecule has 0 amide bonds. The molecular weight excluding hydrogens is 410 g/mol. The summed E-state index contributed by atoms with van der Waals surface area (Å²) in [7, 11) is 0. The van der Waals surface area contributed by atoms with Crippen molar-refractivity contribution in [3.63, 3.8) is 0 Å². The fraction of sp³-hybridized carbons (Fsp3) is 0.385. The van der Waals surface area contributed by atoms with Gasteiger partial charge in [-0.1, -0.05) is 38.1 Å². The molecule has 2 aromatic carbocycles. The summed E-state index contributed by atoms with van der Waals surface area (Å²) in [6, 6.07) is 12.5. The second-order valence-corrected chi connectivity index (χ2v) is 8.61. The van der Waals surface area contributed by atoms with E-state index in [-0.39, 0.29) is 22.2 Å². The number of hydrogen-bond acceptors (Lipinski definition) is 4. The summed E-state index contributed by atoms with van der Waals surface area (Å²) in [5, 5.41) is 9.43. The van der Waals surface area contributed by atoms with Crippen molar-refractivity contribution in [2.45, 2.75) is 65.7 Å². The lowest BCUT2D eigenvalue weighted by molar-refractivity contribution is -0.117. The van der Waals surface area contributed by atoms with Crippen molar-refractivity contribution in [3.8, 4) is 17.2 Å². The topological polar surface area (TPSA) is 75.0 Å². The summed E-state index contributed by atoms with van der Waals surface area (Å²) in [5.74, 6) is 0.238. The van der Waals surface area contributed by atoms with E-state index in [1.54, 1.807) is 13.8 Å². The number of halogens is 1. The van der Waals surface area contributed by atoms with Crippen molar-refractivity contribution in [1.29, 1.82) is 5.26 Å². The fourth-order valence-electron chi connectivity index (χ4n) is 4.61. The van der Waals surface area contributed by atoms with Crippen LogP contribution in [-0.2, 0) is 32.6 Å². The molecule has 0 bridgehead atoms. The van der Waals surface area contributed by atoms with E-state index in [2.05, 4.69) is 49.7 Å². The van der Waals surface area contributed by atoms with E-state index in [1.165, 1.54) is 12.5 Å². The lowest BCUT2D eigenvalue weighted by Crippen LogP contribution is -2.23. The van der Waals surface area contributed by atoms with Gasteiger partial charge in [-0.25, -0.2) is 0 Å². The fourth-order valence-corrected chi connectivity index (χ4v) is 4.61. The molecule has 0 saturated carbocycles. The predicted molar refractivity (Wildman–Crippen MR) is 123 cm³/mol. The van der Waals surface area contributed by atoms with Crippen molar-refractivity contribution in [2.24, 2.45) is 0 Å². The molecule has 162 valence electrons. The van der Waals surface area contributed by atoms with Crippen LogP contribution in [0.1, 0.15) is 75.3 Å². The summed E-state index contributed by atoms with van der Waals surface area (Å²) in [6.07, 6.45) is 2.58. The van der Waals surface area contributed by atoms with Crippen molar-refractivity contribution < 1.29 is 14.4 Å². The molecule has 0 heterocycles. The van der Waals surface area contributed by atoms with Gasteiger partial charge in [0.15, 0.2) is 0 Å².